The van der Waals surface area contributed by atoms with Crippen LogP contribution >= 0.6 is 0 Å². The van der Waals surface area contributed by atoms with Gasteiger partial charge in [0.1, 0.15) is 6.54 Å². The zero-order valence-corrected chi connectivity index (χ0v) is 11.7. The summed E-state index contributed by atoms with van der Waals surface area (Å²) in [5, 5.41) is 10.7. The molecule has 20 heavy (non-hydrogen) atoms. The third-order valence-electron chi connectivity index (χ3n) is 3.01. The molecule has 0 fully saturated rings. The summed E-state index contributed by atoms with van der Waals surface area (Å²) in [5.41, 5.74) is 7.44. The van der Waals surface area contributed by atoms with E-state index in [9.17, 15) is 4.79 Å². The number of carbonyl (C=O) groups excluding carboxylic acids is 1. The van der Waals surface area contributed by atoms with Crippen LogP contribution in [0.5, 0.6) is 0 Å². The van der Waals surface area contributed by atoms with Gasteiger partial charge in [0.05, 0.1) is 17.9 Å². The summed E-state index contributed by atoms with van der Waals surface area (Å²) >= 11 is 0. The van der Waals surface area contributed by atoms with Crippen LogP contribution in [0.25, 0.3) is 0 Å². The molecule has 0 aliphatic rings. The van der Waals surface area contributed by atoms with E-state index in [1.165, 1.54) is 4.68 Å². The molecule has 1 aromatic carbocycles. The number of hydrogen-bond donors (Lipinski definition) is 2. The number of aromatic nitrogens is 3. The Morgan fingerprint density at radius 2 is 2.05 bits per heavy atom. The van der Waals surface area contributed by atoms with E-state index in [1.54, 1.807) is 6.20 Å². The van der Waals surface area contributed by atoms with E-state index in [1.807, 2.05) is 44.2 Å². The molecule has 0 saturated carbocycles. The second-order valence-corrected chi connectivity index (χ2v) is 4.83. The summed E-state index contributed by atoms with van der Waals surface area (Å²) < 4.78 is 1.49. The number of nitrogens with two attached hydrogens (primary N) is 1. The van der Waals surface area contributed by atoms with Gasteiger partial charge in [-0.2, -0.15) is 0 Å². The summed E-state index contributed by atoms with van der Waals surface area (Å²) in [5.74, 6) is -0.109. The molecular weight excluding hydrogens is 254 g/mol. The van der Waals surface area contributed by atoms with Gasteiger partial charge in [-0.1, -0.05) is 35.5 Å². The first kappa shape index (κ1) is 14.2. The van der Waals surface area contributed by atoms with Gasteiger partial charge in [0.2, 0.25) is 5.91 Å². The average molecular weight is 273 g/mol. The molecule has 2 rings (SSSR count). The van der Waals surface area contributed by atoms with Crippen molar-refractivity contribution >= 4 is 5.91 Å². The molecule has 0 radical (unpaired) electrons. The Hall–Kier alpha value is -2.21. The molecule has 6 heteroatoms. The molecule has 0 bridgehead atoms. The van der Waals surface area contributed by atoms with Crippen molar-refractivity contribution in [1.82, 2.24) is 20.3 Å². The monoisotopic (exact) mass is 273 g/mol. The van der Waals surface area contributed by atoms with E-state index in [-0.39, 0.29) is 24.5 Å². The van der Waals surface area contributed by atoms with Crippen LogP contribution in [0.15, 0.2) is 36.5 Å². The summed E-state index contributed by atoms with van der Waals surface area (Å²) in [6.45, 7) is 3.91. The second kappa shape index (κ2) is 6.29. The number of rotatable bonds is 5. The minimum Gasteiger partial charge on any atom is -0.348 e. The summed E-state index contributed by atoms with van der Waals surface area (Å²) in [4.78, 5) is 11.9. The second-order valence-electron chi connectivity index (χ2n) is 4.83. The maximum Gasteiger partial charge on any atom is 0.242 e. The first-order valence-electron chi connectivity index (χ1n) is 6.56. The van der Waals surface area contributed by atoms with Crippen molar-refractivity contribution < 1.29 is 4.79 Å². The normalized spacial score (nSPS) is 13.8. The highest BCUT2D eigenvalue weighted by atomic mass is 16.2. The Morgan fingerprint density at radius 1 is 1.35 bits per heavy atom. The van der Waals surface area contributed by atoms with Crippen LogP contribution < -0.4 is 11.1 Å². The Morgan fingerprint density at radius 3 is 2.65 bits per heavy atom. The average Bonchev–Trinajstić information content (AvgIpc) is 2.88. The molecule has 2 aromatic rings. The van der Waals surface area contributed by atoms with Crippen LogP contribution in [0.4, 0.5) is 0 Å². The van der Waals surface area contributed by atoms with E-state index in [0.29, 0.717) is 5.69 Å². The molecule has 6 nitrogen and oxygen atoms in total. The van der Waals surface area contributed by atoms with Crippen LogP contribution in [0.1, 0.15) is 37.2 Å². The first-order valence-corrected chi connectivity index (χ1v) is 6.56. The van der Waals surface area contributed by atoms with Gasteiger partial charge in [0.25, 0.3) is 0 Å². The molecule has 0 aliphatic heterocycles. The molecule has 2 unspecified atom stereocenters. The van der Waals surface area contributed by atoms with Gasteiger partial charge in [-0.25, -0.2) is 4.68 Å². The highest BCUT2D eigenvalue weighted by Crippen LogP contribution is 2.11. The smallest absolute Gasteiger partial charge is 0.242 e. The molecule has 3 N–H and O–H groups in total. The summed E-state index contributed by atoms with van der Waals surface area (Å²) in [7, 11) is 0. The molecular formula is C14H19N5O. The number of carbonyl (C=O) groups is 1. The fraction of sp³-hybridized carbons (Fsp3) is 0.357. The zero-order valence-electron chi connectivity index (χ0n) is 11.7. The standard InChI is InChI=1S/C14H19N5O/c1-10(15)13-8-19(18-17-13)9-14(20)16-11(2)12-6-4-3-5-7-12/h3-8,10-11H,9,15H2,1-2H3,(H,16,20). The van der Waals surface area contributed by atoms with Gasteiger partial charge in [-0.15, -0.1) is 5.10 Å². The van der Waals surface area contributed by atoms with Gasteiger partial charge in [-0.3, -0.25) is 4.79 Å². The zero-order chi connectivity index (χ0) is 14.5. The predicted molar refractivity (Wildman–Crippen MR) is 75.6 cm³/mol. The minimum atomic E-state index is -0.185. The summed E-state index contributed by atoms with van der Waals surface area (Å²) in [6, 6.07) is 9.58. The fourth-order valence-electron chi connectivity index (χ4n) is 1.86. The van der Waals surface area contributed by atoms with E-state index in [4.69, 9.17) is 5.73 Å². The largest absolute Gasteiger partial charge is 0.348 e. The lowest BCUT2D eigenvalue weighted by atomic mass is 10.1. The lowest BCUT2D eigenvalue weighted by Crippen LogP contribution is -2.30. The Labute approximate surface area is 118 Å². The maximum absolute atomic E-state index is 11.9. The number of nitrogens with one attached hydrogen (secondary N) is 1. The molecule has 0 aliphatic carbocycles. The molecule has 106 valence electrons. The topological polar surface area (TPSA) is 85.8 Å². The molecule has 1 heterocycles. The van der Waals surface area contributed by atoms with E-state index >= 15 is 0 Å². The number of amides is 1. The Balaban J connectivity index is 1.92. The SMILES string of the molecule is CC(N)c1cn(CC(=O)NC(C)c2ccccc2)nn1. The summed E-state index contributed by atoms with van der Waals surface area (Å²) in [6.07, 6.45) is 1.69. The van der Waals surface area contributed by atoms with Gasteiger partial charge < -0.3 is 11.1 Å². The van der Waals surface area contributed by atoms with E-state index in [2.05, 4.69) is 15.6 Å². The molecule has 1 amide bonds. The minimum absolute atomic E-state index is 0.0416. The quantitative estimate of drug-likeness (QED) is 0.856. The van der Waals surface area contributed by atoms with Crippen molar-refractivity contribution in [3.8, 4) is 0 Å². The van der Waals surface area contributed by atoms with Crippen molar-refractivity contribution in [3.63, 3.8) is 0 Å². The third-order valence-corrected chi connectivity index (χ3v) is 3.01. The fourth-order valence-corrected chi connectivity index (χ4v) is 1.86. The number of nitrogens with zero attached hydrogens (tertiary/aromatic N) is 3. The van der Waals surface area contributed by atoms with Crippen LogP contribution in [-0.4, -0.2) is 20.9 Å². The van der Waals surface area contributed by atoms with Crippen molar-refractivity contribution in [3.05, 3.63) is 47.8 Å². The molecule has 0 saturated heterocycles. The third kappa shape index (κ3) is 3.64. The highest BCUT2D eigenvalue weighted by Gasteiger charge is 2.11. The van der Waals surface area contributed by atoms with Crippen molar-refractivity contribution in [2.45, 2.75) is 32.5 Å². The Bertz CT molecular complexity index is 564. The van der Waals surface area contributed by atoms with Gasteiger partial charge in [0.15, 0.2) is 0 Å². The van der Waals surface area contributed by atoms with E-state index in [0.717, 1.165) is 5.56 Å². The van der Waals surface area contributed by atoms with Gasteiger partial charge in [0, 0.05) is 6.04 Å². The van der Waals surface area contributed by atoms with Crippen molar-refractivity contribution in [2.24, 2.45) is 5.73 Å². The van der Waals surface area contributed by atoms with Crippen molar-refractivity contribution in [1.29, 1.82) is 0 Å². The lowest BCUT2D eigenvalue weighted by Gasteiger charge is -2.14. The lowest BCUT2D eigenvalue weighted by molar-refractivity contribution is -0.122. The molecule has 1 aromatic heterocycles. The van der Waals surface area contributed by atoms with E-state index < -0.39 is 0 Å². The highest BCUT2D eigenvalue weighted by molar-refractivity contribution is 5.76. The van der Waals surface area contributed by atoms with Crippen LogP contribution in [0.2, 0.25) is 0 Å². The first-order chi connectivity index (χ1) is 9.56. The molecule has 0 spiro atoms. The molecule has 2 atom stereocenters. The maximum atomic E-state index is 11.9. The van der Waals surface area contributed by atoms with Gasteiger partial charge >= 0.3 is 0 Å². The number of hydrogen-bond acceptors (Lipinski definition) is 4. The number of benzene rings is 1. The van der Waals surface area contributed by atoms with Crippen molar-refractivity contribution in [2.75, 3.05) is 0 Å². The predicted octanol–water partition coefficient (Wildman–Crippen LogP) is 1.18. The van der Waals surface area contributed by atoms with Crippen LogP contribution in [0.3, 0.4) is 0 Å². The van der Waals surface area contributed by atoms with Crippen LogP contribution in [0, 0.1) is 0 Å². The van der Waals surface area contributed by atoms with Crippen LogP contribution in [-0.2, 0) is 11.3 Å². The van der Waals surface area contributed by atoms with Gasteiger partial charge in [-0.05, 0) is 19.4 Å². The Kier molecular flexibility index (Phi) is 4.47.